The van der Waals surface area contributed by atoms with Crippen LogP contribution in [0.25, 0.3) is 0 Å². The summed E-state index contributed by atoms with van der Waals surface area (Å²) in [5, 5.41) is 20.5. The molecule has 1 aliphatic heterocycles. The third kappa shape index (κ3) is 8.83. The van der Waals surface area contributed by atoms with E-state index in [-0.39, 0.29) is 58.4 Å². The standard InChI is InChI=1S/C12H15FI2N2O.C12H16FIN2O.C4H8O.C3H7.ClH.Mg/c1-6(2)7(18)10-16-8(14)9(15)17(10)12-3-11(13,4-12)5-12;1-7(2)9(17)10-15-8(14)3-16(10)12-4-11(13,5-12)6-12;1-2-4-5-3-1;1-3-2;;/h6-7,18H,3-5H2,1-2H3;3,7,9,17H,4-6H2,1-2H3;1-4H2;3H,1-2H3;1H;/q;;;-1;;+2/p-1. The first-order valence-electron chi connectivity index (χ1n) is 15.3. The predicted molar refractivity (Wildman–Crippen MR) is 195 cm³/mol. The van der Waals surface area contributed by atoms with Crippen molar-refractivity contribution in [1.29, 1.82) is 0 Å². The Morgan fingerprint density at radius 2 is 1.24 bits per heavy atom. The number of halogens is 6. The average Bonchev–Trinajstić information content (AvgIpc) is 3.62. The van der Waals surface area contributed by atoms with E-state index in [0.29, 0.717) is 50.2 Å². The number of hydrogen-bond acceptors (Lipinski definition) is 5. The minimum Gasteiger partial charge on any atom is -1.00 e. The maximum absolute atomic E-state index is 13.7. The van der Waals surface area contributed by atoms with Crippen molar-refractivity contribution in [3.8, 4) is 0 Å². The number of hydrogen-bond donors (Lipinski definition) is 2. The normalized spacial score (nSPS) is 31.0. The molecule has 7 nitrogen and oxygen atoms in total. The van der Waals surface area contributed by atoms with Gasteiger partial charge in [0.15, 0.2) is 0 Å². The summed E-state index contributed by atoms with van der Waals surface area (Å²) in [5.74, 6) is 1.65. The Kier molecular flexibility index (Phi) is 15.7. The Bertz CT molecular complexity index is 1230. The third-order valence-electron chi connectivity index (χ3n) is 8.99. The Morgan fingerprint density at radius 3 is 1.62 bits per heavy atom. The molecular formula is C31H46ClF2I3MgN4O3. The van der Waals surface area contributed by atoms with Crippen LogP contribution in [0.3, 0.4) is 0 Å². The Balaban J connectivity index is 0.000000244. The molecule has 6 aliphatic carbocycles. The van der Waals surface area contributed by atoms with Crippen LogP contribution in [0.15, 0.2) is 6.20 Å². The molecule has 4 bridgehead atoms. The van der Waals surface area contributed by atoms with Crippen LogP contribution in [-0.2, 0) is 15.8 Å². The van der Waals surface area contributed by atoms with Crippen molar-refractivity contribution in [3.05, 3.63) is 35.4 Å². The quantitative estimate of drug-likeness (QED) is 0.247. The molecule has 2 unspecified atom stereocenters. The van der Waals surface area contributed by atoms with Crippen LogP contribution < -0.4 is 12.4 Å². The van der Waals surface area contributed by atoms with Crippen LogP contribution in [0.5, 0.6) is 0 Å². The number of aliphatic hydroxyl groups is 2. The molecule has 0 radical (unpaired) electrons. The van der Waals surface area contributed by atoms with Crippen LogP contribution in [0.1, 0.15) is 117 Å². The molecule has 14 heteroatoms. The zero-order valence-electron chi connectivity index (χ0n) is 27.1. The summed E-state index contributed by atoms with van der Waals surface area (Å²) in [6, 6.07) is 0. The minimum absolute atomic E-state index is 0. The predicted octanol–water partition coefficient (Wildman–Crippen LogP) is 4.81. The van der Waals surface area contributed by atoms with Crippen molar-refractivity contribution in [2.45, 2.75) is 128 Å². The van der Waals surface area contributed by atoms with Crippen molar-refractivity contribution in [3.63, 3.8) is 0 Å². The number of imidazole rings is 2. The molecule has 7 fully saturated rings. The van der Waals surface area contributed by atoms with Gasteiger partial charge in [0.1, 0.15) is 46.3 Å². The molecule has 7 aliphatic rings. The van der Waals surface area contributed by atoms with E-state index >= 15 is 0 Å². The van der Waals surface area contributed by atoms with Crippen molar-refractivity contribution in [2.24, 2.45) is 11.8 Å². The Morgan fingerprint density at radius 1 is 0.822 bits per heavy atom. The summed E-state index contributed by atoms with van der Waals surface area (Å²) in [7, 11) is 0. The number of aliphatic hydroxyl groups excluding tert-OH is 2. The van der Waals surface area contributed by atoms with E-state index in [1.807, 2.05) is 58.7 Å². The van der Waals surface area contributed by atoms with Crippen LogP contribution in [-0.4, -0.2) is 76.9 Å². The van der Waals surface area contributed by atoms with Gasteiger partial charge in [-0.3, -0.25) is 0 Å². The summed E-state index contributed by atoms with van der Waals surface area (Å²) in [6.45, 7) is 13.9. The largest absolute Gasteiger partial charge is 2.00 e. The fourth-order valence-corrected chi connectivity index (χ4v) is 8.71. The maximum atomic E-state index is 13.7. The first-order chi connectivity index (χ1) is 20.0. The van der Waals surface area contributed by atoms with Crippen molar-refractivity contribution in [1.82, 2.24) is 19.1 Å². The minimum atomic E-state index is -0.932. The summed E-state index contributed by atoms with van der Waals surface area (Å²) in [5.41, 5.74) is -2.04. The number of ether oxygens (including phenoxy) is 1. The molecule has 6 saturated carbocycles. The fraction of sp³-hybridized carbons (Fsp3) is 0.774. The number of nitrogens with zero attached hydrogens (tertiary/aromatic N) is 4. The Labute approximate surface area is 330 Å². The van der Waals surface area contributed by atoms with Gasteiger partial charge in [0.25, 0.3) is 0 Å². The molecule has 2 aromatic rings. The molecule has 45 heavy (non-hydrogen) atoms. The second-order valence-corrected chi connectivity index (χ2v) is 16.9. The van der Waals surface area contributed by atoms with Gasteiger partial charge in [0, 0.05) is 57.9 Å². The van der Waals surface area contributed by atoms with Crippen molar-refractivity contribution < 1.29 is 36.1 Å². The average molecular weight is 1000 g/mol. The smallest absolute Gasteiger partial charge is 1.00 e. The fourth-order valence-electron chi connectivity index (χ4n) is 6.82. The zero-order valence-corrected chi connectivity index (χ0v) is 35.7. The van der Waals surface area contributed by atoms with E-state index in [0.717, 1.165) is 24.3 Å². The molecule has 3 heterocycles. The maximum Gasteiger partial charge on any atom is 2.00 e. The third-order valence-corrected chi connectivity index (χ3v) is 12.3. The van der Waals surface area contributed by atoms with Gasteiger partial charge in [-0.25, -0.2) is 18.7 Å². The molecule has 2 N–H and O–H groups in total. The topological polar surface area (TPSA) is 85.3 Å². The van der Waals surface area contributed by atoms with E-state index in [2.05, 4.69) is 82.3 Å². The SMILES string of the molecule is C1CCOC1.CC(C)C(O)c1nc(I)c(I)n1C12CC(F)(C1)C2.CC(C)C(O)c1nc(I)cn1C12CC(F)(C1)C2.C[CH-]C.[Cl-].[Mg+2]. The molecule has 9 rings (SSSR count). The Hall–Kier alpha value is 1.41. The molecular weight excluding hydrogens is 955 g/mol. The molecule has 0 amide bonds. The first kappa shape index (κ1) is 42.6. The summed E-state index contributed by atoms with van der Waals surface area (Å²) in [4.78, 5) is 8.90. The summed E-state index contributed by atoms with van der Waals surface area (Å²) >= 11 is 6.59. The molecule has 1 saturated heterocycles. The molecule has 0 aromatic carbocycles. The van der Waals surface area contributed by atoms with Gasteiger partial charge in [-0.2, -0.15) is 13.8 Å². The van der Waals surface area contributed by atoms with Gasteiger partial charge < -0.3 is 42.9 Å². The van der Waals surface area contributed by atoms with Crippen LogP contribution in [0, 0.1) is 29.4 Å². The van der Waals surface area contributed by atoms with Gasteiger partial charge in [-0.15, -0.1) is 0 Å². The summed E-state index contributed by atoms with van der Waals surface area (Å²) in [6.07, 6.45) is 8.87. The molecule has 252 valence electrons. The van der Waals surface area contributed by atoms with Gasteiger partial charge in [-0.1, -0.05) is 27.7 Å². The molecule has 2 aromatic heterocycles. The van der Waals surface area contributed by atoms with Gasteiger partial charge in [0.05, 0.1) is 11.1 Å². The molecule has 0 spiro atoms. The van der Waals surface area contributed by atoms with Crippen LogP contribution in [0.2, 0.25) is 0 Å². The van der Waals surface area contributed by atoms with E-state index in [1.54, 1.807) is 0 Å². The van der Waals surface area contributed by atoms with E-state index in [9.17, 15) is 19.0 Å². The number of aromatic nitrogens is 4. The van der Waals surface area contributed by atoms with Crippen molar-refractivity contribution in [2.75, 3.05) is 13.2 Å². The van der Waals surface area contributed by atoms with E-state index < -0.39 is 23.5 Å². The first-order valence-corrected chi connectivity index (χ1v) is 18.5. The summed E-state index contributed by atoms with van der Waals surface area (Å²) < 4.78 is 39.2. The number of rotatable bonds is 6. The van der Waals surface area contributed by atoms with Crippen molar-refractivity contribution >= 4 is 90.8 Å². The van der Waals surface area contributed by atoms with Gasteiger partial charge in [0.2, 0.25) is 0 Å². The van der Waals surface area contributed by atoms with E-state index in [4.69, 9.17) is 4.74 Å². The monoisotopic (exact) mass is 1000 g/mol. The second-order valence-electron chi connectivity index (χ2n) is 13.8. The van der Waals surface area contributed by atoms with Crippen LogP contribution >= 0.6 is 67.8 Å². The second kappa shape index (κ2) is 16.6. The van der Waals surface area contributed by atoms with E-state index in [1.165, 1.54) is 12.8 Å². The molecule has 2 atom stereocenters. The number of alkyl halides is 2. The van der Waals surface area contributed by atoms with Gasteiger partial charge >= 0.3 is 23.1 Å². The van der Waals surface area contributed by atoms with Crippen LogP contribution in [0.4, 0.5) is 8.78 Å². The van der Waals surface area contributed by atoms with Gasteiger partial charge in [-0.05, 0) is 92.5 Å². The zero-order chi connectivity index (χ0) is 32.0.